The maximum absolute atomic E-state index is 12.3. The van der Waals surface area contributed by atoms with Crippen LogP contribution in [0.5, 0.6) is 0 Å². The molecule has 0 fully saturated rings. The van der Waals surface area contributed by atoms with E-state index in [1.807, 2.05) is 59.4 Å². The standard InChI is InChI=1S/C15H16N4OS/c1-2-18(15(20)17-14-7-5-9-21-14)11-12-10-16-13-6-3-4-8-19(12)13/h3-10H,2,11H2,1H3,(H,17,20). The molecule has 1 N–H and O–H groups in total. The summed E-state index contributed by atoms with van der Waals surface area (Å²) in [6.45, 7) is 3.13. The molecule has 108 valence electrons. The highest BCUT2D eigenvalue weighted by atomic mass is 32.1. The largest absolute Gasteiger partial charge is 0.322 e. The van der Waals surface area contributed by atoms with E-state index >= 15 is 0 Å². The number of carbonyl (C=O) groups is 1. The second-order valence-electron chi connectivity index (χ2n) is 4.60. The van der Waals surface area contributed by atoms with E-state index in [4.69, 9.17) is 0 Å². The highest BCUT2D eigenvalue weighted by molar-refractivity contribution is 7.14. The lowest BCUT2D eigenvalue weighted by atomic mass is 10.4. The van der Waals surface area contributed by atoms with Crippen molar-refractivity contribution in [1.82, 2.24) is 14.3 Å². The SMILES string of the molecule is CCN(Cc1cnc2ccccn12)C(=O)Nc1cccs1. The molecule has 0 saturated carbocycles. The summed E-state index contributed by atoms with van der Waals surface area (Å²) in [5, 5.41) is 5.71. The van der Waals surface area contributed by atoms with Gasteiger partial charge in [0.2, 0.25) is 0 Å². The fraction of sp³-hybridized carbons (Fsp3) is 0.200. The van der Waals surface area contributed by atoms with E-state index in [-0.39, 0.29) is 6.03 Å². The van der Waals surface area contributed by atoms with Crippen LogP contribution >= 0.6 is 11.3 Å². The number of hydrogen-bond acceptors (Lipinski definition) is 3. The molecule has 3 heterocycles. The van der Waals surface area contributed by atoms with Gasteiger partial charge in [-0.2, -0.15) is 0 Å². The zero-order valence-electron chi connectivity index (χ0n) is 11.7. The fourth-order valence-electron chi connectivity index (χ4n) is 2.16. The number of aromatic nitrogens is 2. The molecule has 0 aliphatic carbocycles. The number of rotatable bonds is 4. The van der Waals surface area contributed by atoms with Crippen LogP contribution in [0.2, 0.25) is 0 Å². The first-order valence-corrected chi connectivity index (χ1v) is 7.66. The van der Waals surface area contributed by atoms with Gasteiger partial charge in [0.15, 0.2) is 0 Å². The molecule has 0 unspecified atom stereocenters. The van der Waals surface area contributed by atoms with Crippen molar-refractivity contribution >= 4 is 28.0 Å². The number of hydrogen-bond donors (Lipinski definition) is 1. The number of imidazole rings is 1. The minimum atomic E-state index is -0.0918. The Morgan fingerprint density at radius 3 is 3.05 bits per heavy atom. The minimum absolute atomic E-state index is 0.0918. The molecule has 3 aromatic heterocycles. The minimum Gasteiger partial charge on any atom is -0.319 e. The van der Waals surface area contributed by atoms with Gasteiger partial charge in [-0.25, -0.2) is 9.78 Å². The molecule has 0 aliphatic rings. The van der Waals surface area contributed by atoms with Crippen LogP contribution < -0.4 is 5.32 Å². The quantitative estimate of drug-likeness (QED) is 0.802. The molecular formula is C15H16N4OS. The summed E-state index contributed by atoms with van der Waals surface area (Å²) in [7, 11) is 0. The summed E-state index contributed by atoms with van der Waals surface area (Å²) >= 11 is 1.51. The smallest absolute Gasteiger partial charge is 0.319 e. The van der Waals surface area contributed by atoms with Crippen molar-refractivity contribution in [1.29, 1.82) is 0 Å². The summed E-state index contributed by atoms with van der Waals surface area (Å²) in [6, 6.07) is 9.58. The monoisotopic (exact) mass is 300 g/mol. The number of nitrogens with zero attached hydrogens (tertiary/aromatic N) is 3. The second-order valence-corrected chi connectivity index (χ2v) is 5.55. The molecule has 0 radical (unpaired) electrons. The average molecular weight is 300 g/mol. The van der Waals surface area contributed by atoms with E-state index in [9.17, 15) is 4.79 Å². The van der Waals surface area contributed by atoms with Crippen molar-refractivity contribution in [3.8, 4) is 0 Å². The van der Waals surface area contributed by atoms with E-state index in [1.165, 1.54) is 11.3 Å². The Morgan fingerprint density at radius 2 is 2.29 bits per heavy atom. The van der Waals surface area contributed by atoms with Gasteiger partial charge in [0.1, 0.15) is 5.65 Å². The first-order valence-electron chi connectivity index (χ1n) is 6.78. The normalized spacial score (nSPS) is 10.7. The van der Waals surface area contributed by atoms with Crippen molar-refractivity contribution in [3.63, 3.8) is 0 Å². The predicted molar refractivity (Wildman–Crippen MR) is 84.6 cm³/mol. The molecule has 0 aliphatic heterocycles. The molecule has 21 heavy (non-hydrogen) atoms. The van der Waals surface area contributed by atoms with Crippen molar-refractivity contribution in [2.45, 2.75) is 13.5 Å². The lowest BCUT2D eigenvalue weighted by Crippen LogP contribution is -2.34. The zero-order valence-corrected chi connectivity index (χ0v) is 12.5. The third-order valence-electron chi connectivity index (χ3n) is 3.27. The number of thiophene rings is 1. The van der Waals surface area contributed by atoms with Gasteiger partial charge in [-0.1, -0.05) is 6.07 Å². The third kappa shape index (κ3) is 2.90. The van der Waals surface area contributed by atoms with E-state index in [1.54, 1.807) is 4.90 Å². The van der Waals surface area contributed by atoms with Gasteiger partial charge in [0.25, 0.3) is 0 Å². The number of fused-ring (bicyclic) bond motifs is 1. The lowest BCUT2D eigenvalue weighted by molar-refractivity contribution is 0.211. The van der Waals surface area contributed by atoms with Crippen LogP contribution in [0.15, 0.2) is 48.1 Å². The summed E-state index contributed by atoms with van der Waals surface area (Å²) in [4.78, 5) is 18.4. The number of anilines is 1. The number of carbonyl (C=O) groups excluding carboxylic acids is 1. The van der Waals surface area contributed by atoms with E-state index in [2.05, 4.69) is 10.3 Å². The topological polar surface area (TPSA) is 49.6 Å². The summed E-state index contributed by atoms with van der Waals surface area (Å²) in [5.74, 6) is 0. The Labute approximate surface area is 126 Å². The van der Waals surface area contributed by atoms with Gasteiger partial charge < -0.3 is 9.30 Å². The fourth-order valence-corrected chi connectivity index (χ4v) is 2.77. The van der Waals surface area contributed by atoms with Crippen LogP contribution in [0.4, 0.5) is 9.80 Å². The molecule has 0 bridgehead atoms. The van der Waals surface area contributed by atoms with Crippen LogP contribution in [-0.4, -0.2) is 26.9 Å². The molecule has 3 aromatic rings. The summed E-state index contributed by atoms with van der Waals surface area (Å²) in [5.41, 5.74) is 1.89. The molecule has 0 atom stereocenters. The predicted octanol–water partition coefficient (Wildman–Crippen LogP) is 3.45. The maximum atomic E-state index is 12.3. The van der Waals surface area contributed by atoms with Gasteiger partial charge in [-0.05, 0) is 36.6 Å². The van der Waals surface area contributed by atoms with Crippen LogP contribution in [0.3, 0.4) is 0 Å². The van der Waals surface area contributed by atoms with Gasteiger partial charge in [-0.3, -0.25) is 5.32 Å². The zero-order chi connectivity index (χ0) is 14.7. The van der Waals surface area contributed by atoms with E-state index < -0.39 is 0 Å². The Balaban J connectivity index is 1.76. The Hall–Kier alpha value is -2.34. The first kappa shape index (κ1) is 13.6. The van der Waals surface area contributed by atoms with Crippen molar-refractivity contribution in [2.24, 2.45) is 0 Å². The van der Waals surface area contributed by atoms with Crippen LogP contribution in [0.1, 0.15) is 12.6 Å². The molecule has 5 nitrogen and oxygen atoms in total. The van der Waals surface area contributed by atoms with Gasteiger partial charge in [0, 0.05) is 12.7 Å². The van der Waals surface area contributed by atoms with E-state index in [0.717, 1.165) is 16.3 Å². The van der Waals surface area contributed by atoms with Crippen LogP contribution in [-0.2, 0) is 6.54 Å². The highest BCUT2D eigenvalue weighted by Crippen LogP contribution is 2.16. The Bertz CT molecular complexity index is 735. The maximum Gasteiger partial charge on any atom is 0.322 e. The van der Waals surface area contributed by atoms with E-state index in [0.29, 0.717) is 13.1 Å². The molecule has 0 spiro atoms. The number of pyridine rings is 1. The molecular weight excluding hydrogens is 284 g/mol. The van der Waals surface area contributed by atoms with Crippen LogP contribution in [0.25, 0.3) is 5.65 Å². The van der Waals surface area contributed by atoms with Crippen molar-refractivity contribution in [2.75, 3.05) is 11.9 Å². The molecule has 2 amide bonds. The van der Waals surface area contributed by atoms with Gasteiger partial charge in [-0.15, -0.1) is 11.3 Å². The molecule has 3 rings (SSSR count). The Kier molecular flexibility index (Phi) is 3.87. The van der Waals surface area contributed by atoms with Gasteiger partial charge in [0.05, 0.1) is 23.4 Å². The van der Waals surface area contributed by atoms with Gasteiger partial charge >= 0.3 is 6.03 Å². The highest BCUT2D eigenvalue weighted by Gasteiger charge is 2.14. The second kappa shape index (κ2) is 5.97. The average Bonchev–Trinajstić information content (AvgIpc) is 3.14. The summed E-state index contributed by atoms with van der Waals surface area (Å²) in [6.07, 6.45) is 3.78. The Morgan fingerprint density at radius 1 is 1.38 bits per heavy atom. The number of amides is 2. The lowest BCUT2D eigenvalue weighted by Gasteiger charge is -2.20. The first-order chi connectivity index (χ1) is 10.3. The van der Waals surface area contributed by atoms with Crippen molar-refractivity contribution in [3.05, 3.63) is 53.8 Å². The molecule has 6 heteroatoms. The molecule has 0 aromatic carbocycles. The molecule has 0 saturated heterocycles. The third-order valence-corrected chi connectivity index (χ3v) is 4.05. The van der Waals surface area contributed by atoms with Crippen LogP contribution in [0, 0.1) is 0 Å². The van der Waals surface area contributed by atoms with Crippen molar-refractivity contribution < 1.29 is 4.79 Å². The number of urea groups is 1. The summed E-state index contributed by atoms with van der Waals surface area (Å²) < 4.78 is 2.00. The number of nitrogens with one attached hydrogen (secondary N) is 1.